The highest BCUT2D eigenvalue weighted by atomic mass is 16.5. The normalized spacial score (nSPS) is 29.4. The monoisotopic (exact) mass is 169 g/mol. The zero-order chi connectivity index (χ0) is 8.97. The minimum absolute atomic E-state index is 0.0843. The van der Waals surface area contributed by atoms with Crippen LogP contribution >= 0.6 is 0 Å². The summed E-state index contributed by atoms with van der Waals surface area (Å²) in [6, 6.07) is -0.251. The molecule has 0 radical (unpaired) electrons. The summed E-state index contributed by atoms with van der Waals surface area (Å²) in [7, 11) is 0. The van der Waals surface area contributed by atoms with Gasteiger partial charge in [-0.05, 0) is 31.9 Å². The highest BCUT2D eigenvalue weighted by Gasteiger charge is 2.22. The molecule has 1 rings (SSSR count). The molecule has 2 unspecified atom stereocenters. The van der Waals surface area contributed by atoms with Gasteiger partial charge in [-0.15, -0.1) is 0 Å². The SMILES string of the molecule is C=CN([O-])C1CCCC(N=O)C1. The van der Waals surface area contributed by atoms with Crippen LogP contribution in [0.1, 0.15) is 25.7 Å². The van der Waals surface area contributed by atoms with Crippen LogP contribution in [0.15, 0.2) is 18.0 Å². The van der Waals surface area contributed by atoms with Gasteiger partial charge in [0.25, 0.3) is 0 Å². The molecule has 0 aliphatic heterocycles. The average molecular weight is 169 g/mol. The van der Waals surface area contributed by atoms with Gasteiger partial charge in [-0.25, -0.2) is 0 Å². The Balaban J connectivity index is 2.44. The first-order valence-electron chi connectivity index (χ1n) is 4.18. The molecule has 0 spiro atoms. The molecule has 0 heterocycles. The van der Waals surface area contributed by atoms with E-state index < -0.39 is 0 Å². The number of nitroso groups, excluding NO2 is 1. The number of hydrogen-bond acceptors (Lipinski definition) is 4. The summed E-state index contributed by atoms with van der Waals surface area (Å²) in [6.07, 6.45) is 4.43. The molecule has 0 aromatic rings. The molecule has 4 heteroatoms. The molecule has 1 fully saturated rings. The van der Waals surface area contributed by atoms with Crippen LogP contribution in [0.3, 0.4) is 0 Å². The highest BCUT2D eigenvalue weighted by molar-refractivity contribution is 4.87. The summed E-state index contributed by atoms with van der Waals surface area (Å²) in [5.41, 5.74) is 0. The van der Waals surface area contributed by atoms with Crippen molar-refractivity contribution < 1.29 is 0 Å². The fourth-order valence-electron chi connectivity index (χ4n) is 1.61. The number of hydrogen-bond donors (Lipinski definition) is 0. The topological polar surface area (TPSA) is 55.7 Å². The Morgan fingerprint density at radius 3 is 2.92 bits per heavy atom. The molecule has 12 heavy (non-hydrogen) atoms. The molecule has 0 bridgehead atoms. The Hall–Kier alpha value is -0.900. The molecule has 1 saturated carbocycles. The maximum atomic E-state index is 11.1. The summed E-state index contributed by atoms with van der Waals surface area (Å²) < 4.78 is 0. The van der Waals surface area contributed by atoms with E-state index in [0.717, 1.165) is 24.3 Å². The summed E-state index contributed by atoms with van der Waals surface area (Å²) in [5, 5.41) is 14.9. The van der Waals surface area contributed by atoms with Gasteiger partial charge < -0.3 is 10.3 Å². The van der Waals surface area contributed by atoms with Gasteiger partial charge in [-0.1, -0.05) is 11.8 Å². The molecule has 68 valence electrons. The van der Waals surface area contributed by atoms with Crippen molar-refractivity contribution in [3.05, 3.63) is 22.9 Å². The lowest BCUT2D eigenvalue weighted by Gasteiger charge is -2.39. The Morgan fingerprint density at radius 2 is 2.33 bits per heavy atom. The van der Waals surface area contributed by atoms with Crippen LogP contribution in [-0.2, 0) is 0 Å². The van der Waals surface area contributed by atoms with Gasteiger partial charge in [0.2, 0.25) is 0 Å². The van der Waals surface area contributed by atoms with Crippen molar-refractivity contribution in [2.45, 2.75) is 37.8 Å². The van der Waals surface area contributed by atoms with Crippen LogP contribution in [0.2, 0.25) is 0 Å². The van der Waals surface area contributed by atoms with E-state index in [1.807, 2.05) is 0 Å². The van der Waals surface area contributed by atoms with E-state index in [2.05, 4.69) is 11.8 Å². The van der Waals surface area contributed by atoms with Gasteiger partial charge >= 0.3 is 0 Å². The van der Waals surface area contributed by atoms with Gasteiger partial charge in [-0.2, -0.15) is 4.91 Å². The smallest absolute Gasteiger partial charge is 0.0939 e. The average Bonchev–Trinajstić information content (AvgIpc) is 2.17. The molecule has 1 aliphatic carbocycles. The van der Waals surface area contributed by atoms with Crippen LogP contribution in [0, 0.1) is 10.1 Å². The quantitative estimate of drug-likeness (QED) is 0.479. The third-order valence-corrected chi connectivity index (χ3v) is 2.31. The van der Waals surface area contributed by atoms with Gasteiger partial charge in [0.05, 0.1) is 6.04 Å². The number of hydroxylamine groups is 2. The van der Waals surface area contributed by atoms with E-state index in [9.17, 15) is 10.1 Å². The van der Waals surface area contributed by atoms with Crippen LogP contribution in [0.25, 0.3) is 0 Å². The molecular weight excluding hydrogens is 156 g/mol. The molecule has 0 N–H and O–H groups in total. The maximum absolute atomic E-state index is 11.1. The van der Waals surface area contributed by atoms with Crippen molar-refractivity contribution in [3.8, 4) is 0 Å². The first-order chi connectivity index (χ1) is 5.77. The Kier molecular flexibility index (Phi) is 3.22. The first kappa shape index (κ1) is 9.19. The van der Waals surface area contributed by atoms with Crippen LogP contribution in [0.5, 0.6) is 0 Å². The fraction of sp³-hybridized carbons (Fsp3) is 0.750. The molecular formula is C8H13N2O2-. The molecule has 2 atom stereocenters. The van der Waals surface area contributed by atoms with Crippen molar-refractivity contribution in [1.82, 2.24) is 5.06 Å². The van der Waals surface area contributed by atoms with E-state index in [1.54, 1.807) is 0 Å². The Morgan fingerprint density at radius 1 is 1.58 bits per heavy atom. The Labute approximate surface area is 71.8 Å². The Bertz CT molecular complexity index is 166. The molecule has 0 saturated heterocycles. The van der Waals surface area contributed by atoms with Crippen LogP contribution in [0.4, 0.5) is 0 Å². The second-order valence-corrected chi connectivity index (χ2v) is 3.12. The van der Waals surface area contributed by atoms with E-state index in [0.29, 0.717) is 6.42 Å². The largest absolute Gasteiger partial charge is 0.759 e. The van der Waals surface area contributed by atoms with Gasteiger partial charge in [-0.3, -0.25) is 0 Å². The van der Waals surface area contributed by atoms with Crippen molar-refractivity contribution in [3.63, 3.8) is 0 Å². The lowest BCUT2D eigenvalue weighted by atomic mass is 9.91. The minimum atomic E-state index is -0.167. The van der Waals surface area contributed by atoms with E-state index >= 15 is 0 Å². The first-order valence-corrected chi connectivity index (χ1v) is 4.18. The van der Waals surface area contributed by atoms with Gasteiger partial charge in [0.15, 0.2) is 0 Å². The minimum Gasteiger partial charge on any atom is -0.759 e. The molecule has 0 aromatic heterocycles. The zero-order valence-corrected chi connectivity index (χ0v) is 6.98. The van der Waals surface area contributed by atoms with Gasteiger partial charge in [0, 0.05) is 6.04 Å². The fourth-order valence-corrected chi connectivity index (χ4v) is 1.61. The van der Waals surface area contributed by atoms with Crippen LogP contribution < -0.4 is 0 Å². The lowest BCUT2D eigenvalue weighted by Crippen LogP contribution is -2.32. The van der Waals surface area contributed by atoms with Crippen molar-refractivity contribution in [2.24, 2.45) is 5.18 Å². The van der Waals surface area contributed by atoms with Crippen molar-refractivity contribution in [2.75, 3.05) is 0 Å². The lowest BCUT2D eigenvalue weighted by molar-refractivity contribution is 0.258. The second kappa shape index (κ2) is 4.21. The van der Waals surface area contributed by atoms with Crippen molar-refractivity contribution >= 4 is 0 Å². The molecule has 0 amide bonds. The third kappa shape index (κ3) is 2.04. The standard InChI is InChI=1S/C8H13N2O2/c1-2-10(12)8-5-3-4-7(6-8)9-11/h2,7-8H,1,3-6H2/q-1. The van der Waals surface area contributed by atoms with E-state index in [1.165, 1.54) is 6.20 Å². The van der Waals surface area contributed by atoms with Gasteiger partial charge in [0.1, 0.15) is 0 Å². The molecule has 0 aromatic carbocycles. The molecule has 4 nitrogen and oxygen atoms in total. The summed E-state index contributed by atoms with van der Waals surface area (Å²) >= 11 is 0. The third-order valence-electron chi connectivity index (χ3n) is 2.31. The second-order valence-electron chi connectivity index (χ2n) is 3.12. The number of nitrogens with zero attached hydrogens (tertiary/aromatic N) is 2. The number of rotatable bonds is 3. The predicted molar refractivity (Wildman–Crippen MR) is 47.2 cm³/mol. The highest BCUT2D eigenvalue weighted by Crippen LogP contribution is 2.24. The van der Waals surface area contributed by atoms with E-state index in [4.69, 9.17) is 0 Å². The van der Waals surface area contributed by atoms with Crippen LogP contribution in [-0.4, -0.2) is 17.1 Å². The summed E-state index contributed by atoms with van der Waals surface area (Å²) in [4.78, 5) is 10.2. The maximum Gasteiger partial charge on any atom is 0.0939 e. The van der Waals surface area contributed by atoms with Crippen molar-refractivity contribution in [1.29, 1.82) is 0 Å². The summed E-state index contributed by atoms with van der Waals surface area (Å²) in [6.45, 7) is 3.39. The van der Waals surface area contributed by atoms with E-state index in [-0.39, 0.29) is 12.1 Å². The summed E-state index contributed by atoms with van der Waals surface area (Å²) in [5.74, 6) is 0. The molecule has 1 aliphatic rings. The predicted octanol–water partition coefficient (Wildman–Crippen LogP) is 2.01. The zero-order valence-electron chi connectivity index (χ0n) is 6.98.